The van der Waals surface area contributed by atoms with Crippen molar-refractivity contribution in [2.45, 2.75) is 26.4 Å². The van der Waals surface area contributed by atoms with E-state index in [9.17, 15) is 4.79 Å². The summed E-state index contributed by atoms with van der Waals surface area (Å²) in [6.45, 7) is 4.53. The van der Waals surface area contributed by atoms with Gasteiger partial charge in [-0.15, -0.1) is 0 Å². The molecule has 1 unspecified atom stereocenters. The van der Waals surface area contributed by atoms with Crippen molar-refractivity contribution < 1.29 is 0 Å². The second kappa shape index (κ2) is 5.89. The van der Waals surface area contributed by atoms with Crippen molar-refractivity contribution in [3.63, 3.8) is 0 Å². The smallest absolute Gasteiger partial charge is 0.293 e. The number of rotatable bonds is 4. The molecule has 4 nitrogen and oxygen atoms in total. The topological polar surface area (TPSA) is 46.9 Å². The third-order valence-corrected chi connectivity index (χ3v) is 3.23. The molecule has 100 valence electrons. The Morgan fingerprint density at radius 1 is 1.37 bits per heavy atom. The summed E-state index contributed by atoms with van der Waals surface area (Å²) in [6, 6.07) is 7.52. The first-order valence-electron chi connectivity index (χ1n) is 6.19. The summed E-state index contributed by atoms with van der Waals surface area (Å²) in [5.74, 6) is 0.367. The molecular formula is C14H16ClN3O. The van der Waals surface area contributed by atoms with Crippen molar-refractivity contribution in [2.75, 3.05) is 5.32 Å². The second-order valence-electron chi connectivity index (χ2n) is 4.28. The van der Waals surface area contributed by atoms with Crippen LogP contribution >= 0.6 is 11.6 Å². The Morgan fingerprint density at radius 2 is 2.05 bits per heavy atom. The number of nitrogens with zero attached hydrogens (tertiary/aromatic N) is 2. The van der Waals surface area contributed by atoms with Gasteiger partial charge >= 0.3 is 0 Å². The lowest BCUT2D eigenvalue weighted by molar-refractivity contribution is 0.714. The Morgan fingerprint density at radius 3 is 2.68 bits per heavy atom. The van der Waals surface area contributed by atoms with Crippen LogP contribution in [0.5, 0.6) is 0 Å². The average Bonchev–Trinajstić information content (AvgIpc) is 2.42. The van der Waals surface area contributed by atoms with Crippen molar-refractivity contribution in [1.82, 2.24) is 9.55 Å². The summed E-state index contributed by atoms with van der Waals surface area (Å²) in [5, 5.41) is 3.83. The largest absolute Gasteiger partial charge is 0.359 e. The van der Waals surface area contributed by atoms with Gasteiger partial charge in [-0.05, 0) is 31.5 Å². The molecule has 0 aliphatic heterocycles. The molecule has 1 atom stereocenters. The van der Waals surface area contributed by atoms with Crippen LogP contribution in [0.4, 0.5) is 5.82 Å². The van der Waals surface area contributed by atoms with Gasteiger partial charge in [0.1, 0.15) is 0 Å². The molecule has 0 saturated carbocycles. The van der Waals surface area contributed by atoms with Gasteiger partial charge < -0.3 is 9.88 Å². The third-order valence-electron chi connectivity index (χ3n) is 2.98. The van der Waals surface area contributed by atoms with E-state index in [0.29, 0.717) is 17.4 Å². The second-order valence-corrected chi connectivity index (χ2v) is 4.72. The Kier molecular flexibility index (Phi) is 4.22. The summed E-state index contributed by atoms with van der Waals surface area (Å²) in [7, 11) is 0. The van der Waals surface area contributed by atoms with Gasteiger partial charge in [-0.2, -0.15) is 0 Å². The van der Waals surface area contributed by atoms with Gasteiger partial charge in [0.05, 0.1) is 6.04 Å². The number of hydrogen-bond acceptors (Lipinski definition) is 3. The summed E-state index contributed by atoms with van der Waals surface area (Å²) in [6.07, 6.45) is 3.31. The van der Waals surface area contributed by atoms with E-state index in [2.05, 4.69) is 10.3 Å². The van der Waals surface area contributed by atoms with Crippen LogP contribution in [0.15, 0.2) is 41.5 Å². The highest BCUT2D eigenvalue weighted by Gasteiger charge is 2.09. The molecule has 2 rings (SSSR count). The molecule has 0 amide bonds. The zero-order valence-electron chi connectivity index (χ0n) is 10.9. The normalized spacial score (nSPS) is 12.2. The highest BCUT2D eigenvalue weighted by Crippen LogP contribution is 2.18. The maximum atomic E-state index is 12.0. The van der Waals surface area contributed by atoms with Gasteiger partial charge in [-0.25, -0.2) is 4.98 Å². The number of anilines is 1. The van der Waals surface area contributed by atoms with Crippen LogP contribution in [0, 0.1) is 0 Å². The van der Waals surface area contributed by atoms with Gasteiger partial charge in [0.2, 0.25) is 0 Å². The molecule has 1 N–H and O–H groups in total. The Bertz CT molecular complexity index is 607. The average molecular weight is 278 g/mol. The molecule has 0 fully saturated rings. The van der Waals surface area contributed by atoms with Crippen molar-refractivity contribution in [3.05, 3.63) is 57.6 Å². The Hall–Kier alpha value is -1.81. The molecule has 2 aromatic rings. The van der Waals surface area contributed by atoms with Gasteiger partial charge in [0.15, 0.2) is 5.82 Å². The molecule has 0 aliphatic carbocycles. The van der Waals surface area contributed by atoms with Crippen LogP contribution < -0.4 is 10.9 Å². The predicted molar refractivity (Wildman–Crippen MR) is 77.7 cm³/mol. The first-order valence-corrected chi connectivity index (χ1v) is 6.57. The van der Waals surface area contributed by atoms with E-state index in [1.165, 1.54) is 0 Å². The molecule has 1 heterocycles. The first-order chi connectivity index (χ1) is 9.11. The van der Waals surface area contributed by atoms with E-state index < -0.39 is 0 Å². The fraction of sp³-hybridized carbons (Fsp3) is 0.286. The molecule has 0 bridgehead atoms. The maximum absolute atomic E-state index is 12.0. The van der Waals surface area contributed by atoms with Gasteiger partial charge in [0.25, 0.3) is 5.56 Å². The quantitative estimate of drug-likeness (QED) is 0.934. The lowest BCUT2D eigenvalue weighted by Crippen LogP contribution is -2.24. The predicted octanol–water partition coefficient (Wildman–Crippen LogP) is 3.09. The molecule has 0 spiro atoms. The number of aromatic nitrogens is 2. The van der Waals surface area contributed by atoms with E-state index in [1.807, 2.05) is 38.1 Å². The maximum Gasteiger partial charge on any atom is 0.293 e. The SMILES string of the molecule is CCn1ccnc(NC(C)c2ccc(Cl)cc2)c1=O. The van der Waals surface area contributed by atoms with Crippen molar-refractivity contribution in [3.8, 4) is 0 Å². The van der Waals surface area contributed by atoms with Crippen LogP contribution in [0.25, 0.3) is 0 Å². The van der Waals surface area contributed by atoms with Crippen molar-refractivity contribution in [1.29, 1.82) is 0 Å². The van der Waals surface area contributed by atoms with Crippen LogP contribution in [0.2, 0.25) is 5.02 Å². The summed E-state index contributed by atoms with van der Waals surface area (Å²) in [5.41, 5.74) is 0.948. The van der Waals surface area contributed by atoms with Gasteiger partial charge in [-0.3, -0.25) is 4.79 Å². The Balaban J connectivity index is 2.21. The van der Waals surface area contributed by atoms with Crippen LogP contribution in [-0.4, -0.2) is 9.55 Å². The minimum Gasteiger partial charge on any atom is -0.359 e. The zero-order chi connectivity index (χ0) is 13.8. The number of nitrogens with one attached hydrogen (secondary N) is 1. The van der Waals surface area contributed by atoms with E-state index >= 15 is 0 Å². The summed E-state index contributed by atoms with van der Waals surface area (Å²) in [4.78, 5) is 16.1. The Labute approximate surface area is 117 Å². The molecule has 1 aromatic heterocycles. The van der Waals surface area contributed by atoms with E-state index in [1.54, 1.807) is 17.0 Å². The number of aryl methyl sites for hydroxylation is 1. The minimum atomic E-state index is -0.106. The van der Waals surface area contributed by atoms with E-state index in [-0.39, 0.29) is 11.6 Å². The van der Waals surface area contributed by atoms with Crippen LogP contribution in [0.3, 0.4) is 0 Å². The first kappa shape index (κ1) is 13.6. The molecule has 1 aromatic carbocycles. The molecule has 19 heavy (non-hydrogen) atoms. The summed E-state index contributed by atoms with van der Waals surface area (Å²) < 4.78 is 1.61. The third kappa shape index (κ3) is 3.15. The number of hydrogen-bond donors (Lipinski definition) is 1. The fourth-order valence-corrected chi connectivity index (χ4v) is 1.96. The highest BCUT2D eigenvalue weighted by molar-refractivity contribution is 6.30. The number of benzene rings is 1. The molecular weight excluding hydrogens is 262 g/mol. The van der Waals surface area contributed by atoms with Crippen molar-refractivity contribution >= 4 is 17.4 Å². The summed E-state index contributed by atoms with van der Waals surface area (Å²) >= 11 is 5.86. The number of halogens is 1. The minimum absolute atomic E-state index is 0.00910. The lowest BCUT2D eigenvalue weighted by atomic mass is 10.1. The van der Waals surface area contributed by atoms with Gasteiger partial charge in [0, 0.05) is 24.0 Å². The standard InChI is InChI=1S/C14H16ClN3O/c1-3-18-9-8-16-13(14(18)19)17-10(2)11-4-6-12(15)7-5-11/h4-10H,3H2,1-2H3,(H,16,17). The highest BCUT2D eigenvalue weighted by atomic mass is 35.5. The van der Waals surface area contributed by atoms with Gasteiger partial charge in [-0.1, -0.05) is 23.7 Å². The fourth-order valence-electron chi connectivity index (χ4n) is 1.84. The molecule has 0 radical (unpaired) electrons. The van der Waals surface area contributed by atoms with Crippen molar-refractivity contribution in [2.24, 2.45) is 0 Å². The molecule has 5 heteroatoms. The van der Waals surface area contributed by atoms with Crippen LogP contribution in [-0.2, 0) is 6.54 Å². The monoisotopic (exact) mass is 277 g/mol. The van der Waals surface area contributed by atoms with Crippen LogP contribution in [0.1, 0.15) is 25.5 Å². The molecule has 0 saturated heterocycles. The van der Waals surface area contributed by atoms with E-state index in [4.69, 9.17) is 11.6 Å². The lowest BCUT2D eigenvalue weighted by Gasteiger charge is -2.15. The molecule has 0 aliphatic rings. The van der Waals surface area contributed by atoms with E-state index in [0.717, 1.165) is 5.56 Å². The zero-order valence-corrected chi connectivity index (χ0v) is 11.7.